The van der Waals surface area contributed by atoms with Crippen molar-refractivity contribution in [2.24, 2.45) is 5.41 Å². The van der Waals surface area contributed by atoms with E-state index in [4.69, 9.17) is 24.4 Å². The first kappa shape index (κ1) is 34.7. The minimum absolute atomic E-state index is 0.240. The molecule has 10 heteroatoms. The van der Waals surface area contributed by atoms with Gasteiger partial charge in [0.2, 0.25) is 5.95 Å². The molecule has 0 saturated carbocycles. The maximum absolute atomic E-state index is 12.9. The summed E-state index contributed by atoms with van der Waals surface area (Å²) in [5.41, 5.74) is 7.46. The van der Waals surface area contributed by atoms with Crippen LogP contribution in [0, 0.1) is 19.3 Å². The predicted octanol–water partition coefficient (Wildman–Crippen LogP) is 7.04. The molecule has 6 heterocycles. The number of aromatic nitrogens is 3. The van der Waals surface area contributed by atoms with Gasteiger partial charge in [-0.3, -0.25) is 4.98 Å². The van der Waals surface area contributed by atoms with E-state index in [1.165, 1.54) is 17.5 Å². The third kappa shape index (κ3) is 6.93. The van der Waals surface area contributed by atoms with Crippen LogP contribution in [0.3, 0.4) is 0 Å². The zero-order valence-electron chi connectivity index (χ0n) is 31.0. The molecule has 4 aliphatic heterocycles. The number of hydrogen-bond acceptors (Lipinski definition) is 9. The van der Waals surface area contributed by atoms with Gasteiger partial charge in [-0.2, -0.15) is 4.98 Å². The molecule has 7 rings (SSSR count). The Morgan fingerprint density at radius 2 is 1.70 bits per heavy atom. The molecule has 268 valence electrons. The van der Waals surface area contributed by atoms with Crippen LogP contribution in [0.25, 0.3) is 11.1 Å². The molecular formula is C40H54N6O4. The maximum Gasteiger partial charge on any atom is 0.337 e. The lowest BCUT2D eigenvalue weighted by Gasteiger charge is -2.46. The molecule has 3 atom stereocenters. The maximum atomic E-state index is 12.9. The van der Waals surface area contributed by atoms with Gasteiger partial charge in [-0.15, -0.1) is 0 Å². The quantitative estimate of drug-likeness (QED) is 0.279. The van der Waals surface area contributed by atoms with Crippen LogP contribution < -0.4 is 14.7 Å². The summed E-state index contributed by atoms with van der Waals surface area (Å²) >= 11 is 0. The highest BCUT2D eigenvalue weighted by Crippen LogP contribution is 2.45. The SMILES string of the molecule is Cc1nc(C)c([C@H](OC(C)(C)C)C(=O)O)c(N2CCC(C)(C)CC2)c1-c1ccc2c(c1)CCN(c1nccc(N3C4CCCC3COC4)n1)C2. The van der Waals surface area contributed by atoms with Crippen molar-refractivity contribution in [3.8, 4) is 11.1 Å². The molecule has 3 saturated heterocycles. The van der Waals surface area contributed by atoms with Gasteiger partial charge < -0.3 is 29.3 Å². The summed E-state index contributed by atoms with van der Waals surface area (Å²) < 4.78 is 12.2. The lowest BCUT2D eigenvalue weighted by atomic mass is 9.81. The van der Waals surface area contributed by atoms with Gasteiger partial charge in [0.05, 0.1) is 36.6 Å². The number of carbonyl (C=O) groups is 1. The average molecular weight is 683 g/mol. The van der Waals surface area contributed by atoms with E-state index in [2.05, 4.69) is 59.7 Å². The van der Waals surface area contributed by atoms with Crippen LogP contribution in [-0.2, 0) is 27.2 Å². The zero-order chi connectivity index (χ0) is 35.4. The Bertz CT molecular complexity index is 1720. The molecule has 2 bridgehead atoms. The molecule has 4 aliphatic rings. The second-order valence-corrected chi connectivity index (χ2v) is 16.6. The minimum atomic E-state index is -1.13. The fourth-order valence-electron chi connectivity index (χ4n) is 8.48. The average Bonchev–Trinajstić information content (AvgIpc) is 3.06. The van der Waals surface area contributed by atoms with Gasteiger partial charge in [0, 0.05) is 54.9 Å². The number of nitrogens with zero attached hydrogens (tertiary/aromatic N) is 6. The number of ether oxygens (including phenoxy) is 2. The number of piperidine rings is 2. The topological polar surface area (TPSA) is 104 Å². The molecule has 2 unspecified atom stereocenters. The van der Waals surface area contributed by atoms with Crippen LogP contribution in [0.5, 0.6) is 0 Å². The number of pyridine rings is 1. The fourth-order valence-corrected chi connectivity index (χ4v) is 8.48. The smallest absolute Gasteiger partial charge is 0.337 e. The number of morpholine rings is 1. The number of carboxylic acid groups (broad SMARTS) is 1. The van der Waals surface area contributed by atoms with Crippen molar-refractivity contribution in [1.29, 1.82) is 0 Å². The van der Waals surface area contributed by atoms with Crippen molar-refractivity contribution in [1.82, 2.24) is 15.0 Å². The molecule has 1 N–H and O–H groups in total. The van der Waals surface area contributed by atoms with Crippen LogP contribution in [0.15, 0.2) is 30.5 Å². The number of benzene rings is 1. The van der Waals surface area contributed by atoms with Crippen molar-refractivity contribution < 1.29 is 19.4 Å². The molecular weight excluding hydrogens is 628 g/mol. The van der Waals surface area contributed by atoms with Crippen molar-refractivity contribution in [2.75, 3.05) is 47.5 Å². The standard InChI is InChI=1S/C40H54N6O4/c1-25-33(35(44-19-15-40(6,7)16-20-44)34(26(2)42-25)36(37(47)48)50-39(3,4)5)28-11-12-29-22-45(18-14-27(29)21-28)38-41-17-13-32(43-38)46-30-9-8-10-31(46)24-49-23-30/h11-13,17,21,30-31,36H,8-10,14-16,18-20,22-24H2,1-7H3,(H,47,48)/t30?,31?,36-/m0/s1. The molecule has 0 radical (unpaired) electrons. The van der Waals surface area contributed by atoms with Gasteiger partial charge in [-0.25, -0.2) is 9.78 Å². The van der Waals surface area contributed by atoms with Crippen LogP contribution >= 0.6 is 0 Å². The van der Waals surface area contributed by atoms with Crippen molar-refractivity contribution >= 4 is 23.4 Å². The third-order valence-corrected chi connectivity index (χ3v) is 11.1. The highest BCUT2D eigenvalue weighted by molar-refractivity contribution is 5.88. The number of anilines is 3. The van der Waals surface area contributed by atoms with E-state index in [1.54, 1.807) is 0 Å². The van der Waals surface area contributed by atoms with Gasteiger partial charge >= 0.3 is 5.97 Å². The largest absolute Gasteiger partial charge is 0.479 e. The van der Waals surface area contributed by atoms with Crippen molar-refractivity contribution in [3.05, 3.63) is 58.5 Å². The predicted molar refractivity (Wildman–Crippen MR) is 197 cm³/mol. The second-order valence-electron chi connectivity index (χ2n) is 16.6. The van der Waals surface area contributed by atoms with Gasteiger partial charge in [0.25, 0.3) is 0 Å². The number of fused-ring (bicyclic) bond motifs is 3. The van der Waals surface area contributed by atoms with E-state index in [1.807, 2.05) is 33.9 Å². The highest BCUT2D eigenvalue weighted by Gasteiger charge is 2.38. The lowest BCUT2D eigenvalue weighted by Crippen LogP contribution is -2.55. The molecule has 2 aromatic heterocycles. The number of hydrogen-bond donors (Lipinski definition) is 1. The van der Waals surface area contributed by atoms with Crippen LogP contribution in [0.2, 0.25) is 0 Å². The molecule has 3 fully saturated rings. The van der Waals surface area contributed by atoms with E-state index in [9.17, 15) is 9.90 Å². The number of carboxylic acids is 1. The molecule has 1 aromatic carbocycles. The molecule has 50 heavy (non-hydrogen) atoms. The Kier molecular flexibility index (Phi) is 9.30. The summed E-state index contributed by atoms with van der Waals surface area (Å²) in [4.78, 5) is 34.9. The summed E-state index contributed by atoms with van der Waals surface area (Å²) in [7, 11) is 0. The summed E-state index contributed by atoms with van der Waals surface area (Å²) in [6, 6.07) is 9.56. The Morgan fingerprint density at radius 3 is 2.38 bits per heavy atom. The second kappa shape index (κ2) is 13.4. The molecule has 0 aliphatic carbocycles. The van der Waals surface area contributed by atoms with E-state index < -0.39 is 17.7 Å². The van der Waals surface area contributed by atoms with Crippen LogP contribution in [0.1, 0.15) is 101 Å². The molecule has 3 aromatic rings. The Hall–Kier alpha value is -3.76. The lowest BCUT2D eigenvalue weighted by molar-refractivity contribution is -0.160. The highest BCUT2D eigenvalue weighted by atomic mass is 16.5. The minimum Gasteiger partial charge on any atom is -0.479 e. The Balaban J connectivity index is 1.23. The monoisotopic (exact) mass is 682 g/mol. The van der Waals surface area contributed by atoms with Crippen molar-refractivity contribution in [3.63, 3.8) is 0 Å². The van der Waals surface area contributed by atoms with Crippen LogP contribution in [0.4, 0.5) is 17.5 Å². The third-order valence-electron chi connectivity index (χ3n) is 11.1. The van der Waals surface area contributed by atoms with Gasteiger partial charge in [-0.05, 0) is 101 Å². The normalized spacial score (nSPS) is 22.7. The Morgan fingerprint density at radius 1 is 0.980 bits per heavy atom. The van der Waals surface area contributed by atoms with Gasteiger partial charge in [0.1, 0.15) is 5.82 Å². The first-order valence-corrected chi connectivity index (χ1v) is 18.5. The molecule has 0 spiro atoms. The van der Waals surface area contributed by atoms with Crippen LogP contribution in [-0.4, -0.2) is 76.6 Å². The summed E-state index contributed by atoms with van der Waals surface area (Å²) in [6.45, 7) is 19.1. The number of rotatable bonds is 7. The zero-order valence-corrected chi connectivity index (χ0v) is 31.0. The van der Waals surface area contributed by atoms with Gasteiger partial charge in [-0.1, -0.05) is 32.0 Å². The Labute approximate surface area is 297 Å². The van der Waals surface area contributed by atoms with Gasteiger partial charge in [0.15, 0.2) is 6.10 Å². The van der Waals surface area contributed by atoms with E-state index in [-0.39, 0.29) is 5.41 Å². The van der Waals surface area contributed by atoms with E-state index >= 15 is 0 Å². The van der Waals surface area contributed by atoms with Crippen molar-refractivity contribution in [2.45, 2.75) is 117 Å². The molecule has 10 nitrogen and oxygen atoms in total. The number of aliphatic carboxylic acids is 1. The number of aryl methyl sites for hydroxylation is 2. The first-order chi connectivity index (χ1) is 23.8. The van der Waals surface area contributed by atoms with E-state index in [0.717, 1.165) is 106 Å². The molecule has 0 amide bonds. The summed E-state index contributed by atoms with van der Waals surface area (Å²) in [6.07, 6.45) is 7.23. The summed E-state index contributed by atoms with van der Waals surface area (Å²) in [5.74, 6) is 0.793. The summed E-state index contributed by atoms with van der Waals surface area (Å²) in [5, 5.41) is 10.6. The fraction of sp³-hybridized carbons (Fsp3) is 0.600. The van der Waals surface area contributed by atoms with E-state index in [0.29, 0.717) is 23.3 Å². The first-order valence-electron chi connectivity index (χ1n) is 18.5.